The number of aliphatic hydroxyl groups is 1. The fraction of sp³-hybridized carbons (Fsp3) is 0.667. The van der Waals surface area contributed by atoms with Gasteiger partial charge >= 0.3 is 0 Å². The average Bonchev–Trinajstić information content (AvgIpc) is 2.39. The van der Waals surface area contributed by atoms with Gasteiger partial charge in [-0.25, -0.2) is 0 Å². The van der Waals surface area contributed by atoms with E-state index >= 15 is 0 Å². The summed E-state index contributed by atoms with van der Waals surface area (Å²) in [7, 11) is 0. The van der Waals surface area contributed by atoms with Gasteiger partial charge in [0.15, 0.2) is 0 Å². The molecular formula is C18H28O2. The second kappa shape index (κ2) is 5.40. The summed E-state index contributed by atoms with van der Waals surface area (Å²) in [6.45, 7) is 10.9. The third-order valence-corrected chi connectivity index (χ3v) is 5.06. The zero-order chi connectivity index (χ0) is 15.0. The Morgan fingerprint density at radius 2 is 1.70 bits per heavy atom. The molecule has 0 aromatic heterocycles. The van der Waals surface area contributed by atoms with E-state index in [-0.39, 0.29) is 23.0 Å². The van der Waals surface area contributed by atoms with Gasteiger partial charge < -0.3 is 9.84 Å². The molecule has 0 spiro atoms. The van der Waals surface area contributed by atoms with Crippen LogP contribution in [-0.2, 0) is 5.41 Å². The second-order valence-electron chi connectivity index (χ2n) is 7.07. The fourth-order valence-electron chi connectivity index (χ4n) is 3.27. The molecule has 0 aliphatic heterocycles. The molecule has 1 aliphatic rings. The van der Waals surface area contributed by atoms with E-state index in [0.29, 0.717) is 0 Å². The minimum atomic E-state index is -0.212. The molecule has 1 aliphatic carbocycles. The van der Waals surface area contributed by atoms with Crippen LogP contribution in [0.4, 0.5) is 0 Å². The van der Waals surface area contributed by atoms with Crippen molar-refractivity contribution in [1.29, 1.82) is 0 Å². The van der Waals surface area contributed by atoms with Gasteiger partial charge in [0.1, 0.15) is 11.9 Å². The lowest BCUT2D eigenvalue weighted by Crippen LogP contribution is -2.59. The van der Waals surface area contributed by atoms with E-state index in [9.17, 15) is 5.11 Å². The molecule has 0 radical (unpaired) electrons. The maximum absolute atomic E-state index is 10.1. The van der Waals surface area contributed by atoms with Crippen molar-refractivity contribution >= 4 is 0 Å². The average molecular weight is 276 g/mol. The quantitative estimate of drug-likeness (QED) is 0.888. The minimum absolute atomic E-state index is 0.0529. The molecule has 2 heteroatoms. The Morgan fingerprint density at radius 3 is 2.10 bits per heavy atom. The van der Waals surface area contributed by atoms with Crippen LogP contribution < -0.4 is 4.74 Å². The van der Waals surface area contributed by atoms with Crippen molar-refractivity contribution in [3.8, 4) is 5.75 Å². The Bertz CT molecular complexity index is 437. The summed E-state index contributed by atoms with van der Waals surface area (Å²) in [5, 5.41) is 10.1. The highest BCUT2D eigenvalue weighted by Crippen LogP contribution is 2.48. The van der Waals surface area contributed by atoms with Crippen LogP contribution in [0.5, 0.6) is 5.75 Å². The number of hydrogen-bond acceptors (Lipinski definition) is 2. The Hall–Kier alpha value is -1.02. The van der Waals surface area contributed by atoms with Crippen molar-refractivity contribution in [3.05, 3.63) is 29.8 Å². The maximum atomic E-state index is 10.1. The van der Waals surface area contributed by atoms with Crippen LogP contribution in [0.25, 0.3) is 0 Å². The van der Waals surface area contributed by atoms with E-state index in [1.165, 1.54) is 5.56 Å². The van der Waals surface area contributed by atoms with Crippen molar-refractivity contribution < 1.29 is 9.84 Å². The zero-order valence-electron chi connectivity index (χ0n) is 13.4. The summed E-state index contributed by atoms with van der Waals surface area (Å²) in [6.07, 6.45) is 2.62. The summed E-state index contributed by atoms with van der Waals surface area (Å²) >= 11 is 0. The summed E-state index contributed by atoms with van der Waals surface area (Å²) in [5.41, 5.74) is 1.43. The monoisotopic (exact) mass is 276 g/mol. The van der Waals surface area contributed by atoms with Crippen molar-refractivity contribution in [3.63, 3.8) is 0 Å². The van der Waals surface area contributed by atoms with E-state index in [4.69, 9.17) is 4.74 Å². The number of rotatable bonds is 4. The van der Waals surface area contributed by atoms with Gasteiger partial charge in [-0.15, -0.1) is 0 Å². The van der Waals surface area contributed by atoms with Crippen molar-refractivity contribution in [2.45, 2.75) is 71.5 Å². The topological polar surface area (TPSA) is 29.5 Å². The lowest BCUT2D eigenvalue weighted by atomic mass is 9.60. The molecule has 2 nitrogen and oxygen atoms in total. The SMILES string of the molecule is CCC1(CC)C(O)CC1Oc1ccc(C(C)(C)C)cc1. The Kier molecular flexibility index (Phi) is 4.15. The summed E-state index contributed by atoms with van der Waals surface area (Å²) in [4.78, 5) is 0. The van der Waals surface area contributed by atoms with Gasteiger partial charge in [-0.1, -0.05) is 46.8 Å². The van der Waals surface area contributed by atoms with Gasteiger partial charge in [0.25, 0.3) is 0 Å². The molecular weight excluding hydrogens is 248 g/mol. The second-order valence-corrected chi connectivity index (χ2v) is 7.07. The molecule has 2 rings (SSSR count). The summed E-state index contributed by atoms with van der Waals surface area (Å²) in [5.74, 6) is 0.918. The van der Waals surface area contributed by atoms with Crippen molar-refractivity contribution in [2.75, 3.05) is 0 Å². The predicted octanol–water partition coefficient (Wildman–Crippen LogP) is 4.30. The standard InChI is InChI=1S/C18H28O2/c1-6-18(7-2)15(19)12-16(18)20-14-10-8-13(9-11-14)17(3,4)5/h8-11,15-16,19H,6-7,12H2,1-5H3. The molecule has 112 valence electrons. The van der Waals surface area contributed by atoms with Gasteiger partial charge in [-0.3, -0.25) is 0 Å². The largest absolute Gasteiger partial charge is 0.490 e. The Labute approximate surface area is 123 Å². The number of hydrogen-bond donors (Lipinski definition) is 1. The minimum Gasteiger partial charge on any atom is -0.490 e. The van der Waals surface area contributed by atoms with Crippen LogP contribution in [0.2, 0.25) is 0 Å². The first-order valence-electron chi connectivity index (χ1n) is 7.78. The third-order valence-electron chi connectivity index (χ3n) is 5.06. The molecule has 0 heterocycles. The van der Waals surface area contributed by atoms with Gasteiger partial charge in [0.2, 0.25) is 0 Å². The van der Waals surface area contributed by atoms with E-state index in [0.717, 1.165) is 25.0 Å². The maximum Gasteiger partial charge on any atom is 0.119 e. The molecule has 1 aromatic rings. The van der Waals surface area contributed by atoms with Gasteiger partial charge in [-0.05, 0) is 36.0 Å². The summed E-state index contributed by atoms with van der Waals surface area (Å²) in [6, 6.07) is 8.40. The normalized spacial score (nSPS) is 25.1. The first kappa shape index (κ1) is 15.4. The molecule has 1 N–H and O–H groups in total. The van der Waals surface area contributed by atoms with E-state index in [2.05, 4.69) is 58.9 Å². The predicted molar refractivity (Wildman–Crippen MR) is 83.2 cm³/mol. The highest BCUT2D eigenvalue weighted by molar-refractivity contribution is 5.31. The molecule has 0 bridgehead atoms. The smallest absolute Gasteiger partial charge is 0.119 e. The van der Waals surface area contributed by atoms with Gasteiger partial charge in [-0.2, -0.15) is 0 Å². The first-order chi connectivity index (χ1) is 9.33. The van der Waals surface area contributed by atoms with Crippen LogP contribution >= 0.6 is 0 Å². The van der Waals surface area contributed by atoms with E-state index in [1.807, 2.05) is 0 Å². The van der Waals surface area contributed by atoms with Crippen molar-refractivity contribution in [1.82, 2.24) is 0 Å². The molecule has 1 fully saturated rings. The van der Waals surface area contributed by atoms with Crippen LogP contribution in [0.15, 0.2) is 24.3 Å². The number of benzene rings is 1. The third kappa shape index (κ3) is 2.58. The van der Waals surface area contributed by atoms with Crippen LogP contribution in [0.1, 0.15) is 59.4 Å². The molecule has 1 saturated carbocycles. The Balaban J connectivity index is 2.08. The first-order valence-corrected chi connectivity index (χ1v) is 7.78. The zero-order valence-corrected chi connectivity index (χ0v) is 13.4. The van der Waals surface area contributed by atoms with Crippen molar-refractivity contribution in [2.24, 2.45) is 5.41 Å². The number of ether oxygens (including phenoxy) is 1. The van der Waals surface area contributed by atoms with E-state index < -0.39 is 0 Å². The molecule has 2 unspecified atom stereocenters. The van der Waals surface area contributed by atoms with Crippen LogP contribution in [0, 0.1) is 5.41 Å². The lowest BCUT2D eigenvalue weighted by molar-refractivity contribution is -0.159. The van der Waals surface area contributed by atoms with Crippen LogP contribution in [-0.4, -0.2) is 17.3 Å². The fourth-order valence-corrected chi connectivity index (χ4v) is 3.27. The Morgan fingerprint density at radius 1 is 1.15 bits per heavy atom. The van der Waals surface area contributed by atoms with Crippen LogP contribution in [0.3, 0.4) is 0 Å². The highest BCUT2D eigenvalue weighted by Gasteiger charge is 2.53. The van der Waals surface area contributed by atoms with Gasteiger partial charge in [0.05, 0.1) is 6.10 Å². The highest BCUT2D eigenvalue weighted by atomic mass is 16.5. The summed E-state index contributed by atoms with van der Waals surface area (Å²) < 4.78 is 6.13. The van der Waals surface area contributed by atoms with E-state index in [1.54, 1.807) is 0 Å². The lowest BCUT2D eigenvalue weighted by Gasteiger charge is -2.52. The molecule has 0 saturated heterocycles. The molecule has 0 amide bonds. The molecule has 1 aromatic carbocycles. The van der Waals surface area contributed by atoms with Gasteiger partial charge in [0, 0.05) is 11.8 Å². The number of aliphatic hydroxyl groups excluding tert-OH is 1. The molecule has 20 heavy (non-hydrogen) atoms. The molecule has 2 atom stereocenters.